The predicted octanol–water partition coefficient (Wildman–Crippen LogP) is -0.306. The van der Waals surface area contributed by atoms with Gasteiger partial charge in [-0.2, -0.15) is 0 Å². The monoisotopic (exact) mass is 294 g/mol. The predicted molar refractivity (Wildman–Crippen MR) is 20.5 cm³/mol. The van der Waals surface area contributed by atoms with Crippen LogP contribution in [0.3, 0.4) is 0 Å². The maximum absolute atomic E-state index is 9.03. The molecule has 0 N–H and O–H groups in total. The summed E-state index contributed by atoms with van der Waals surface area (Å²) >= 11 is 1.22. The van der Waals surface area contributed by atoms with E-state index in [1.807, 2.05) is 0 Å². The van der Waals surface area contributed by atoms with E-state index >= 15 is 0 Å². The number of halogens is 1. The molecule has 0 radical (unpaired) electrons. The van der Waals surface area contributed by atoms with Crippen LogP contribution in [0.1, 0.15) is 0 Å². The molecule has 0 aromatic carbocycles. The molecule has 0 fully saturated rings. The Hall–Kier alpha value is 0.740. The molecule has 6 heavy (non-hydrogen) atoms. The Labute approximate surface area is 64.3 Å². The maximum atomic E-state index is 9.03. The standard InChI is InChI=1S/CHIO3.Ag/c2-5-1(3)4;/h(H,3,4);/q;+1/p-1. The molecule has 0 saturated heterocycles. The number of rotatable bonds is 0. The van der Waals surface area contributed by atoms with Gasteiger partial charge in [0.2, 0.25) is 0 Å². The summed E-state index contributed by atoms with van der Waals surface area (Å²) in [6, 6.07) is 0. The van der Waals surface area contributed by atoms with E-state index in [1.54, 1.807) is 0 Å². The van der Waals surface area contributed by atoms with Gasteiger partial charge >= 0.3 is 22.4 Å². The van der Waals surface area contributed by atoms with Crippen LogP contribution < -0.4 is 5.11 Å². The molecule has 0 spiro atoms. The van der Waals surface area contributed by atoms with Crippen LogP contribution in [0.5, 0.6) is 0 Å². The van der Waals surface area contributed by atoms with Crippen molar-refractivity contribution in [1.82, 2.24) is 0 Å². The van der Waals surface area contributed by atoms with Gasteiger partial charge in [0.15, 0.2) is 0 Å². The average Bonchev–Trinajstić information content (AvgIpc) is 1.38. The minimum absolute atomic E-state index is 0. The molecule has 0 aliphatic carbocycles. The fourth-order valence-corrected chi connectivity index (χ4v) is 0. The van der Waals surface area contributed by atoms with Crippen LogP contribution >= 0.6 is 23.0 Å². The summed E-state index contributed by atoms with van der Waals surface area (Å²) in [6.07, 6.45) is -1.51. The van der Waals surface area contributed by atoms with E-state index in [2.05, 4.69) is 3.07 Å². The van der Waals surface area contributed by atoms with Gasteiger partial charge in [0.1, 0.15) is 0 Å². The molecular formula is CAgIO3. The van der Waals surface area contributed by atoms with E-state index < -0.39 is 6.16 Å². The maximum Gasteiger partial charge on any atom is 1.00 e. The largest absolute Gasteiger partial charge is 1.00 e. The number of carbonyl (C=O) groups excluding carboxylic acids is 1. The van der Waals surface area contributed by atoms with Crippen molar-refractivity contribution in [3.8, 4) is 0 Å². The van der Waals surface area contributed by atoms with Gasteiger partial charge in [-0.3, -0.25) is 0 Å². The third kappa shape index (κ3) is 8.83. The Balaban J connectivity index is 0. The van der Waals surface area contributed by atoms with Crippen molar-refractivity contribution in [2.75, 3.05) is 0 Å². The Kier molecular flexibility index (Phi) is 9.46. The minimum Gasteiger partial charge on any atom is -0.481 e. The van der Waals surface area contributed by atoms with Gasteiger partial charge in [-0.25, -0.2) is 0 Å². The van der Waals surface area contributed by atoms with Crippen LogP contribution in [-0.4, -0.2) is 6.16 Å². The first-order chi connectivity index (χ1) is 2.27. The van der Waals surface area contributed by atoms with E-state index in [1.165, 1.54) is 23.0 Å². The molecule has 0 heterocycles. The zero-order valence-corrected chi connectivity index (χ0v) is 6.04. The number of carboxylic acid groups (broad SMARTS) is 1. The fraction of sp³-hybridized carbons (Fsp3) is 0. The third-order valence-corrected chi connectivity index (χ3v) is 0.423. The van der Waals surface area contributed by atoms with Crippen LogP contribution in [-0.2, 0) is 25.4 Å². The molecule has 0 aromatic heterocycles. The molecular weight excluding hydrogens is 295 g/mol. The van der Waals surface area contributed by atoms with E-state index in [0.717, 1.165) is 0 Å². The summed E-state index contributed by atoms with van der Waals surface area (Å²) in [7, 11) is 0. The van der Waals surface area contributed by atoms with E-state index in [4.69, 9.17) is 9.90 Å². The summed E-state index contributed by atoms with van der Waals surface area (Å²) < 4.78 is 3.53. The van der Waals surface area contributed by atoms with Crippen LogP contribution in [0, 0.1) is 0 Å². The zero-order valence-electron chi connectivity index (χ0n) is 2.40. The van der Waals surface area contributed by atoms with Crippen molar-refractivity contribution in [2.24, 2.45) is 0 Å². The molecule has 3 nitrogen and oxygen atoms in total. The fourth-order valence-electron chi connectivity index (χ4n) is 0. The van der Waals surface area contributed by atoms with Crippen molar-refractivity contribution < 1.29 is 35.3 Å². The molecule has 0 aromatic rings. The minimum atomic E-state index is -1.51. The molecule has 5 heteroatoms. The van der Waals surface area contributed by atoms with E-state index in [-0.39, 0.29) is 22.4 Å². The molecule has 0 bridgehead atoms. The summed E-state index contributed by atoms with van der Waals surface area (Å²) in [6.45, 7) is 0. The quantitative estimate of drug-likeness (QED) is 0.455. The Morgan fingerprint density at radius 1 is 1.83 bits per heavy atom. The van der Waals surface area contributed by atoms with Crippen molar-refractivity contribution in [3.63, 3.8) is 0 Å². The van der Waals surface area contributed by atoms with Crippen molar-refractivity contribution in [1.29, 1.82) is 0 Å². The molecule has 0 aliphatic heterocycles. The number of hydrogen-bond donors (Lipinski definition) is 0. The van der Waals surface area contributed by atoms with Crippen molar-refractivity contribution in [2.45, 2.75) is 0 Å². The molecule has 0 amide bonds. The van der Waals surface area contributed by atoms with Gasteiger partial charge < -0.3 is 13.0 Å². The van der Waals surface area contributed by atoms with Gasteiger partial charge in [0.05, 0.1) is 23.0 Å². The van der Waals surface area contributed by atoms with E-state index in [9.17, 15) is 0 Å². The first-order valence-corrected chi connectivity index (χ1v) is 1.65. The molecule has 0 saturated carbocycles. The Bertz CT molecular complexity index is 46.1. The van der Waals surface area contributed by atoms with Crippen molar-refractivity contribution >= 4 is 29.2 Å². The summed E-state index contributed by atoms with van der Waals surface area (Å²) in [4.78, 5) is 9.03. The van der Waals surface area contributed by atoms with Crippen LogP contribution in [0.4, 0.5) is 4.79 Å². The second-order valence-corrected chi connectivity index (χ2v) is 0.768. The van der Waals surface area contributed by atoms with Gasteiger partial charge in [-0.1, -0.05) is 0 Å². The first kappa shape index (κ1) is 9.88. The Morgan fingerprint density at radius 2 is 2.00 bits per heavy atom. The SMILES string of the molecule is O=C([O-])OI.[Ag+]. The summed E-state index contributed by atoms with van der Waals surface area (Å²) in [5.41, 5.74) is 0. The van der Waals surface area contributed by atoms with E-state index in [0.29, 0.717) is 0 Å². The average molecular weight is 295 g/mol. The number of hydrogen-bond acceptors (Lipinski definition) is 3. The van der Waals surface area contributed by atoms with Crippen LogP contribution in [0.2, 0.25) is 0 Å². The molecule has 0 atom stereocenters. The summed E-state index contributed by atoms with van der Waals surface area (Å²) in [5.74, 6) is 0. The Morgan fingerprint density at radius 3 is 2.00 bits per heavy atom. The topological polar surface area (TPSA) is 49.4 Å². The van der Waals surface area contributed by atoms with Crippen LogP contribution in [0.15, 0.2) is 0 Å². The second-order valence-electron chi connectivity index (χ2n) is 0.327. The second kappa shape index (κ2) is 5.74. The zero-order chi connectivity index (χ0) is 4.28. The molecule has 0 unspecified atom stereocenters. The third-order valence-electron chi connectivity index (χ3n) is 0.0630. The summed E-state index contributed by atoms with van der Waals surface area (Å²) in [5, 5.41) is 9.03. The first-order valence-electron chi connectivity index (χ1n) is 0.767. The van der Waals surface area contributed by atoms with Gasteiger partial charge in [-0.05, 0) is 0 Å². The van der Waals surface area contributed by atoms with Crippen LogP contribution in [0.25, 0.3) is 0 Å². The van der Waals surface area contributed by atoms with Crippen molar-refractivity contribution in [3.05, 3.63) is 0 Å². The molecule has 0 aliphatic rings. The van der Waals surface area contributed by atoms with Gasteiger partial charge in [0, 0.05) is 0 Å². The van der Waals surface area contributed by atoms with Gasteiger partial charge in [-0.15, -0.1) is 0 Å². The normalized spacial score (nSPS) is 5.50. The van der Waals surface area contributed by atoms with Gasteiger partial charge in [0.25, 0.3) is 6.16 Å². The molecule has 40 valence electrons. The molecule has 0 rings (SSSR count). The number of carbonyl (C=O) groups is 1. The smallest absolute Gasteiger partial charge is 0.481 e.